The highest BCUT2D eigenvalue weighted by molar-refractivity contribution is 6.01. The number of amides is 3. The lowest BCUT2D eigenvalue weighted by Gasteiger charge is -2.32. The molecule has 2 N–H and O–H groups in total. The van der Waals surface area contributed by atoms with Crippen molar-refractivity contribution in [2.24, 2.45) is 5.92 Å². The van der Waals surface area contributed by atoms with E-state index in [9.17, 15) is 14.7 Å². The van der Waals surface area contributed by atoms with E-state index in [0.29, 0.717) is 26.1 Å². The summed E-state index contributed by atoms with van der Waals surface area (Å²) in [4.78, 5) is 27.7. The Kier molecular flexibility index (Phi) is 4.81. The summed E-state index contributed by atoms with van der Waals surface area (Å²) < 4.78 is 0. The molecule has 3 amide bonds. The van der Waals surface area contributed by atoms with E-state index < -0.39 is 0 Å². The number of fused-ring (bicyclic) bond motifs is 1. The molecule has 2 heterocycles. The van der Waals surface area contributed by atoms with Gasteiger partial charge in [0, 0.05) is 38.5 Å². The van der Waals surface area contributed by atoms with Crippen molar-refractivity contribution in [2.75, 3.05) is 37.7 Å². The Morgan fingerprint density at radius 2 is 2.17 bits per heavy atom. The van der Waals surface area contributed by atoms with Gasteiger partial charge >= 0.3 is 6.03 Å². The fourth-order valence-corrected chi connectivity index (χ4v) is 3.35. The first-order chi connectivity index (χ1) is 11.2. The Labute approximate surface area is 136 Å². The van der Waals surface area contributed by atoms with Gasteiger partial charge in [0.15, 0.2) is 0 Å². The molecule has 0 saturated carbocycles. The number of aliphatic hydroxyl groups excluding tert-OH is 1. The molecule has 6 heteroatoms. The Bertz CT molecular complexity index is 590. The quantitative estimate of drug-likeness (QED) is 0.870. The zero-order valence-corrected chi connectivity index (χ0v) is 13.2. The number of para-hydroxylation sites is 1. The molecule has 0 radical (unpaired) electrons. The van der Waals surface area contributed by atoms with E-state index >= 15 is 0 Å². The molecule has 0 spiro atoms. The van der Waals surface area contributed by atoms with Gasteiger partial charge < -0.3 is 20.2 Å². The number of hydrogen-bond acceptors (Lipinski definition) is 3. The third kappa shape index (κ3) is 3.47. The topological polar surface area (TPSA) is 72.9 Å². The van der Waals surface area contributed by atoms with E-state index in [1.54, 1.807) is 9.80 Å². The maximum absolute atomic E-state index is 12.2. The fourth-order valence-electron chi connectivity index (χ4n) is 3.35. The van der Waals surface area contributed by atoms with Crippen molar-refractivity contribution in [3.05, 3.63) is 29.8 Å². The number of rotatable bonds is 4. The summed E-state index contributed by atoms with van der Waals surface area (Å²) in [5, 5.41) is 12.1. The molecule has 0 bridgehead atoms. The Balaban J connectivity index is 1.50. The number of nitrogens with zero attached hydrogens (tertiary/aromatic N) is 2. The highest BCUT2D eigenvalue weighted by atomic mass is 16.3. The highest BCUT2D eigenvalue weighted by Crippen LogP contribution is 2.27. The molecular formula is C17H23N3O3. The van der Waals surface area contributed by atoms with E-state index in [1.165, 1.54) is 0 Å². The summed E-state index contributed by atoms with van der Waals surface area (Å²) in [6.07, 6.45) is 2.34. The lowest BCUT2D eigenvalue weighted by molar-refractivity contribution is -0.117. The van der Waals surface area contributed by atoms with Crippen molar-refractivity contribution in [3.63, 3.8) is 0 Å². The Morgan fingerprint density at radius 3 is 3.00 bits per heavy atom. The second kappa shape index (κ2) is 7.00. The van der Waals surface area contributed by atoms with Crippen molar-refractivity contribution >= 4 is 17.6 Å². The maximum Gasteiger partial charge on any atom is 0.317 e. The van der Waals surface area contributed by atoms with Crippen LogP contribution in [0, 0.1) is 5.92 Å². The maximum atomic E-state index is 12.2. The summed E-state index contributed by atoms with van der Waals surface area (Å²) in [5.74, 6) is 0.264. The van der Waals surface area contributed by atoms with Gasteiger partial charge in [0.2, 0.25) is 5.91 Å². The normalized spacial score (nSPS) is 20.6. The molecular weight excluding hydrogens is 294 g/mol. The van der Waals surface area contributed by atoms with E-state index in [-0.39, 0.29) is 24.5 Å². The summed E-state index contributed by atoms with van der Waals surface area (Å²) in [5.41, 5.74) is 2.00. The molecule has 1 atom stereocenters. The van der Waals surface area contributed by atoms with E-state index in [1.807, 2.05) is 24.3 Å². The van der Waals surface area contributed by atoms with Crippen molar-refractivity contribution in [1.82, 2.24) is 10.2 Å². The third-order valence-corrected chi connectivity index (χ3v) is 4.60. The van der Waals surface area contributed by atoms with Crippen LogP contribution in [0.3, 0.4) is 0 Å². The van der Waals surface area contributed by atoms with Crippen molar-refractivity contribution in [2.45, 2.75) is 19.3 Å². The summed E-state index contributed by atoms with van der Waals surface area (Å²) in [6.45, 7) is 2.38. The van der Waals surface area contributed by atoms with Crippen molar-refractivity contribution < 1.29 is 14.7 Å². The Morgan fingerprint density at radius 1 is 1.35 bits per heavy atom. The molecule has 23 heavy (non-hydrogen) atoms. The lowest BCUT2D eigenvalue weighted by atomic mass is 9.99. The first-order valence-corrected chi connectivity index (χ1v) is 8.21. The van der Waals surface area contributed by atoms with Gasteiger partial charge in [0.1, 0.15) is 0 Å². The molecule has 1 unspecified atom stereocenters. The average molecular weight is 317 g/mol. The number of urea groups is 1. The SMILES string of the molecule is O=C(NCCN1C(=O)Cc2ccccc21)N1CCCC(CO)C1. The number of carbonyl (C=O) groups excluding carboxylic acids is 2. The summed E-state index contributed by atoms with van der Waals surface area (Å²) >= 11 is 0. The molecule has 2 aliphatic rings. The van der Waals surface area contributed by atoms with Crippen LogP contribution >= 0.6 is 0 Å². The zero-order valence-electron chi connectivity index (χ0n) is 13.2. The number of aliphatic hydroxyl groups is 1. The number of hydrogen-bond donors (Lipinski definition) is 2. The van der Waals surface area contributed by atoms with Crippen LogP contribution in [-0.2, 0) is 11.2 Å². The highest BCUT2D eigenvalue weighted by Gasteiger charge is 2.27. The van der Waals surface area contributed by atoms with Gasteiger partial charge in [-0.15, -0.1) is 0 Å². The van der Waals surface area contributed by atoms with Gasteiger partial charge in [-0.2, -0.15) is 0 Å². The van der Waals surface area contributed by atoms with E-state index in [4.69, 9.17) is 0 Å². The first-order valence-electron chi connectivity index (χ1n) is 8.21. The monoisotopic (exact) mass is 317 g/mol. The molecule has 124 valence electrons. The molecule has 3 rings (SSSR count). The molecule has 1 fully saturated rings. The second-order valence-corrected chi connectivity index (χ2v) is 6.22. The van der Waals surface area contributed by atoms with Gasteiger partial charge in [0.25, 0.3) is 0 Å². The number of anilines is 1. The minimum Gasteiger partial charge on any atom is -0.396 e. The molecule has 0 aromatic heterocycles. The largest absolute Gasteiger partial charge is 0.396 e. The average Bonchev–Trinajstić information content (AvgIpc) is 2.90. The van der Waals surface area contributed by atoms with Crippen LogP contribution in [0.2, 0.25) is 0 Å². The second-order valence-electron chi connectivity index (χ2n) is 6.22. The van der Waals surface area contributed by atoms with Crippen LogP contribution in [0.1, 0.15) is 18.4 Å². The van der Waals surface area contributed by atoms with Gasteiger partial charge in [-0.1, -0.05) is 18.2 Å². The van der Waals surface area contributed by atoms with Crippen LogP contribution in [0.25, 0.3) is 0 Å². The number of carbonyl (C=O) groups is 2. The van der Waals surface area contributed by atoms with Crippen molar-refractivity contribution in [3.8, 4) is 0 Å². The zero-order chi connectivity index (χ0) is 16.2. The first kappa shape index (κ1) is 15.8. The number of nitrogens with one attached hydrogen (secondary N) is 1. The van der Waals surface area contributed by atoms with Crippen LogP contribution < -0.4 is 10.2 Å². The van der Waals surface area contributed by atoms with E-state index in [0.717, 1.165) is 30.6 Å². The molecule has 2 aliphatic heterocycles. The van der Waals surface area contributed by atoms with Gasteiger partial charge in [-0.25, -0.2) is 4.79 Å². The fraction of sp³-hybridized carbons (Fsp3) is 0.529. The minimum atomic E-state index is -0.108. The van der Waals surface area contributed by atoms with E-state index in [2.05, 4.69) is 5.32 Å². The van der Waals surface area contributed by atoms with Crippen LogP contribution in [0.5, 0.6) is 0 Å². The number of likely N-dealkylation sites (tertiary alicyclic amines) is 1. The lowest BCUT2D eigenvalue weighted by Crippen LogP contribution is -2.48. The van der Waals surface area contributed by atoms with Gasteiger partial charge in [0.05, 0.1) is 6.42 Å². The van der Waals surface area contributed by atoms with Crippen LogP contribution in [0.15, 0.2) is 24.3 Å². The smallest absolute Gasteiger partial charge is 0.317 e. The molecule has 1 saturated heterocycles. The molecule has 6 nitrogen and oxygen atoms in total. The number of piperidine rings is 1. The van der Waals surface area contributed by atoms with Crippen molar-refractivity contribution in [1.29, 1.82) is 0 Å². The van der Waals surface area contributed by atoms with Gasteiger partial charge in [-0.05, 0) is 30.4 Å². The molecule has 0 aliphatic carbocycles. The predicted octanol–water partition coefficient (Wildman–Crippen LogP) is 0.990. The minimum absolute atomic E-state index is 0.0822. The summed E-state index contributed by atoms with van der Waals surface area (Å²) in [7, 11) is 0. The Hall–Kier alpha value is -2.08. The number of benzene rings is 1. The molecule has 1 aromatic rings. The van der Waals surface area contributed by atoms with Gasteiger partial charge in [-0.3, -0.25) is 4.79 Å². The predicted molar refractivity (Wildman–Crippen MR) is 87.3 cm³/mol. The van der Waals surface area contributed by atoms with Crippen LogP contribution in [-0.4, -0.2) is 54.7 Å². The standard InChI is InChI=1S/C17H23N3O3/c21-12-13-4-3-8-19(11-13)17(23)18-7-9-20-15-6-2-1-5-14(15)10-16(20)22/h1-2,5-6,13,21H,3-4,7-12H2,(H,18,23). The van der Waals surface area contributed by atoms with Crippen LogP contribution in [0.4, 0.5) is 10.5 Å². The summed E-state index contributed by atoms with van der Waals surface area (Å²) in [6, 6.07) is 7.66. The third-order valence-electron chi connectivity index (χ3n) is 4.60. The molecule has 1 aromatic carbocycles.